The number of hydrogen-bond acceptors (Lipinski definition) is 2. The first-order valence-electron chi connectivity index (χ1n) is 8.39. The highest BCUT2D eigenvalue weighted by atomic mass is 15.2. The van der Waals surface area contributed by atoms with Gasteiger partial charge in [0.15, 0.2) is 0 Å². The number of benzene rings is 1. The van der Waals surface area contributed by atoms with Crippen LogP contribution in [-0.4, -0.2) is 30.1 Å². The maximum Gasteiger partial charge on any atom is 0.0221 e. The number of likely N-dealkylation sites (tertiary alicyclic amines) is 1. The molecule has 2 fully saturated rings. The summed E-state index contributed by atoms with van der Waals surface area (Å²) >= 11 is 0. The van der Waals surface area contributed by atoms with E-state index in [-0.39, 0.29) is 0 Å². The molecule has 0 spiro atoms. The largest absolute Gasteiger partial charge is 0.329 e. The third kappa shape index (κ3) is 3.07. The zero-order valence-electron chi connectivity index (χ0n) is 12.5. The van der Waals surface area contributed by atoms with Crippen LogP contribution in [0.5, 0.6) is 0 Å². The molecule has 2 aliphatic rings. The van der Waals surface area contributed by atoms with Crippen LogP contribution in [0.1, 0.15) is 56.4 Å². The second-order valence-electron chi connectivity index (χ2n) is 6.54. The van der Waals surface area contributed by atoms with Crippen molar-refractivity contribution in [2.24, 2.45) is 5.73 Å². The van der Waals surface area contributed by atoms with Crippen molar-refractivity contribution in [3.63, 3.8) is 0 Å². The molecule has 1 unspecified atom stereocenters. The second kappa shape index (κ2) is 6.73. The molecule has 1 saturated heterocycles. The summed E-state index contributed by atoms with van der Waals surface area (Å²) < 4.78 is 0. The van der Waals surface area contributed by atoms with Gasteiger partial charge in [-0.3, -0.25) is 4.90 Å². The third-order valence-electron chi connectivity index (χ3n) is 5.38. The van der Waals surface area contributed by atoms with Crippen LogP contribution in [-0.2, 0) is 0 Å². The lowest BCUT2D eigenvalue weighted by Crippen LogP contribution is -2.50. The summed E-state index contributed by atoms with van der Waals surface area (Å²) in [5, 5.41) is 0. The van der Waals surface area contributed by atoms with Crippen LogP contribution in [0.15, 0.2) is 30.3 Å². The summed E-state index contributed by atoms with van der Waals surface area (Å²) in [5.74, 6) is 0.786. The van der Waals surface area contributed by atoms with Gasteiger partial charge in [0, 0.05) is 18.6 Å². The summed E-state index contributed by atoms with van der Waals surface area (Å²) in [6.45, 7) is 2.13. The van der Waals surface area contributed by atoms with Gasteiger partial charge in [-0.1, -0.05) is 36.8 Å². The number of nitrogens with two attached hydrogens (primary N) is 1. The minimum atomic E-state index is 0.655. The van der Waals surface area contributed by atoms with Gasteiger partial charge in [0.25, 0.3) is 0 Å². The standard InChI is InChI=1S/C18H28N2/c19-14-18-8-4-5-13-20(18)17-11-9-16(10-12-17)15-6-2-1-3-7-15/h1-3,6-7,16-18H,4-5,8-14,19H2. The monoisotopic (exact) mass is 272 g/mol. The predicted molar refractivity (Wildman–Crippen MR) is 84.8 cm³/mol. The van der Waals surface area contributed by atoms with E-state index in [1.807, 2.05) is 0 Å². The molecule has 1 aliphatic heterocycles. The van der Waals surface area contributed by atoms with E-state index in [0.717, 1.165) is 18.5 Å². The Morgan fingerprint density at radius 2 is 1.70 bits per heavy atom. The summed E-state index contributed by atoms with van der Waals surface area (Å²) in [7, 11) is 0. The number of nitrogens with zero attached hydrogens (tertiary/aromatic N) is 1. The zero-order chi connectivity index (χ0) is 13.8. The molecular formula is C18H28N2. The number of piperidine rings is 1. The zero-order valence-corrected chi connectivity index (χ0v) is 12.5. The Balaban J connectivity index is 1.58. The summed E-state index contributed by atoms with van der Waals surface area (Å²) in [6, 6.07) is 12.5. The van der Waals surface area contributed by atoms with Crippen LogP contribution in [0.4, 0.5) is 0 Å². The first-order valence-corrected chi connectivity index (χ1v) is 8.39. The lowest BCUT2D eigenvalue weighted by atomic mass is 9.80. The molecule has 1 saturated carbocycles. The minimum Gasteiger partial charge on any atom is -0.329 e. The van der Waals surface area contributed by atoms with Gasteiger partial charge in [-0.2, -0.15) is 0 Å². The molecule has 2 N–H and O–H groups in total. The molecule has 0 radical (unpaired) electrons. The molecule has 1 aliphatic carbocycles. The number of hydrogen-bond donors (Lipinski definition) is 1. The Hall–Kier alpha value is -0.860. The van der Waals surface area contributed by atoms with E-state index in [1.165, 1.54) is 51.5 Å². The smallest absolute Gasteiger partial charge is 0.0221 e. The summed E-state index contributed by atoms with van der Waals surface area (Å²) in [4.78, 5) is 2.74. The van der Waals surface area contributed by atoms with Crippen LogP contribution >= 0.6 is 0 Å². The quantitative estimate of drug-likeness (QED) is 0.912. The van der Waals surface area contributed by atoms with E-state index in [1.54, 1.807) is 5.56 Å². The molecule has 0 amide bonds. The van der Waals surface area contributed by atoms with Crippen molar-refractivity contribution in [1.82, 2.24) is 4.90 Å². The summed E-state index contributed by atoms with van der Waals surface area (Å²) in [6.07, 6.45) is 9.47. The van der Waals surface area contributed by atoms with Crippen LogP contribution < -0.4 is 5.73 Å². The second-order valence-corrected chi connectivity index (χ2v) is 6.54. The summed E-state index contributed by atoms with van der Waals surface area (Å²) in [5.41, 5.74) is 7.52. The first kappa shape index (κ1) is 14.1. The molecule has 1 aromatic rings. The SMILES string of the molecule is NCC1CCCCN1C1CCC(c2ccccc2)CC1. The molecule has 3 rings (SSSR count). The molecule has 0 aromatic heterocycles. The van der Waals surface area contributed by atoms with Gasteiger partial charge in [-0.05, 0) is 56.6 Å². The van der Waals surface area contributed by atoms with Gasteiger partial charge in [-0.25, -0.2) is 0 Å². The van der Waals surface area contributed by atoms with E-state index in [2.05, 4.69) is 35.2 Å². The molecule has 0 bridgehead atoms. The average molecular weight is 272 g/mol. The van der Waals surface area contributed by atoms with Crippen molar-refractivity contribution in [2.45, 2.75) is 62.9 Å². The Kier molecular flexibility index (Phi) is 4.74. The average Bonchev–Trinajstić information content (AvgIpc) is 2.56. The fourth-order valence-corrected chi connectivity index (χ4v) is 4.22. The molecule has 20 heavy (non-hydrogen) atoms. The van der Waals surface area contributed by atoms with E-state index in [0.29, 0.717) is 6.04 Å². The highest BCUT2D eigenvalue weighted by molar-refractivity contribution is 5.20. The van der Waals surface area contributed by atoms with E-state index in [9.17, 15) is 0 Å². The van der Waals surface area contributed by atoms with Gasteiger partial charge >= 0.3 is 0 Å². The van der Waals surface area contributed by atoms with Crippen LogP contribution in [0, 0.1) is 0 Å². The Morgan fingerprint density at radius 1 is 0.950 bits per heavy atom. The highest BCUT2D eigenvalue weighted by Crippen LogP contribution is 2.36. The molecule has 2 nitrogen and oxygen atoms in total. The molecule has 2 heteroatoms. The third-order valence-corrected chi connectivity index (χ3v) is 5.38. The molecular weight excluding hydrogens is 244 g/mol. The van der Waals surface area contributed by atoms with Gasteiger partial charge in [0.2, 0.25) is 0 Å². The lowest BCUT2D eigenvalue weighted by molar-refractivity contribution is 0.0731. The Bertz CT molecular complexity index is 395. The molecule has 1 heterocycles. The normalized spacial score (nSPS) is 32.1. The Labute approximate surface area is 123 Å². The number of rotatable bonds is 3. The van der Waals surface area contributed by atoms with Crippen molar-refractivity contribution in [1.29, 1.82) is 0 Å². The van der Waals surface area contributed by atoms with Gasteiger partial charge in [-0.15, -0.1) is 0 Å². The van der Waals surface area contributed by atoms with Crippen molar-refractivity contribution >= 4 is 0 Å². The lowest BCUT2D eigenvalue weighted by Gasteiger charge is -2.43. The first-order chi connectivity index (χ1) is 9.88. The van der Waals surface area contributed by atoms with Crippen LogP contribution in [0.3, 0.4) is 0 Å². The fraction of sp³-hybridized carbons (Fsp3) is 0.667. The van der Waals surface area contributed by atoms with E-state index in [4.69, 9.17) is 5.73 Å². The maximum absolute atomic E-state index is 5.98. The molecule has 1 atom stereocenters. The molecule has 1 aromatic carbocycles. The Morgan fingerprint density at radius 3 is 2.40 bits per heavy atom. The van der Waals surface area contributed by atoms with Crippen LogP contribution in [0.2, 0.25) is 0 Å². The van der Waals surface area contributed by atoms with Gasteiger partial charge < -0.3 is 5.73 Å². The van der Waals surface area contributed by atoms with Crippen molar-refractivity contribution in [3.05, 3.63) is 35.9 Å². The topological polar surface area (TPSA) is 29.3 Å². The predicted octanol–water partition coefficient (Wildman–Crippen LogP) is 3.53. The fourth-order valence-electron chi connectivity index (χ4n) is 4.22. The van der Waals surface area contributed by atoms with E-state index < -0.39 is 0 Å². The van der Waals surface area contributed by atoms with Crippen molar-refractivity contribution < 1.29 is 0 Å². The molecule has 110 valence electrons. The minimum absolute atomic E-state index is 0.655. The van der Waals surface area contributed by atoms with Crippen LogP contribution in [0.25, 0.3) is 0 Å². The van der Waals surface area contributed by atoms with Gasteiger partial charge in [0.05, 0.1) is 0 Å². The maximum atomic E-state index is 5.98. The van der Waals surface area contributed by atoms with Crippen molar-refractivity contribution in [3.8, 4) is 0 Å². The highest BCUT2D eigenvalue weighted by Gasteiger charge is 2.31. The van der Waals surface area contributed by atoms with Gasteiger partial charge in [0.1, 0.15) is 0 Å². The van der Waals surface area contributed by atoms with E-state index >= 15 is 0 Å². The van der Waals surface area contributed by atoms with Crippen molar-refractivity contribution in [2.75, 3.05) is 13.1 Å².